The third-order valence-corrected chi connectivity index (χ3v) is 10.2. The van der Waals surface area contributed by atoms with Crippen LogP contribution < -0.4 is 10.6 Å². The second-order valence-electron chi connectivity index (χ2n) is 13.3. The third-order valence-electron chi connectivity index (χ3n) is 8.30. The number of hydrogen-bond acceptors (Lipinski definition) is 9. The molecular formula is C32H53ClN4O9Si. The van der Waals surface area contributed by atoms with Crippen molar-refractivity contribution in [1.82, 2.24) is 20.4 Å². The largest absolute Gasteiger partial charge is 0.453 e. The summed E-state index contributed by atoms with van der Waals surface area (Å²) < 4.78 is 27.9. The van der Waals surface area contributed by atoms with Gasteiger partial charge in [-0.1, -0.05) is 43.4 Å². The average Bonchev–Trinajstić information content (AvgIpc) is 3.04. The number of carbonyl (C=O) groups excluding carboxylic acids is 3. The van der Waals surface area contributed by atoms with E-state index in [2.05, 4.69) is 35.0 Å². The summed E-state index contributed by atoms with van der Waals surface area (Å²) in [5, 5.41) is 17.5. The molecule has 1 aromatic carbocycles. The number of benzene rings is 1. The van der Waals surface area contributed by atoms with E-state index in [0.717, 1.165) is 24.4 Å². The Balaban J connectivity index is 1.67. The number of aliphatic hydroxyl groups excluding tert-OH is 1. The molecule has 2 aliphatic rings. The van der Waals surface area contributed by atoms with E-state index in [9.17, 15) is 19.5 Å². The molecule has 13 nitrogen and oxygen atoms in total. The molecule has 4 amide bonds. The van der Waals surface area contributed by atoms with Crippen LogP contribution in [-0.4, -0.2) is 133 Å². The van der Waals surface area contributed by atoms with Gasteiger partial charge in [-0.15, -0.1) is 0 Å². The number of methoxy groups -OCH3 is 1. The molecule has 266 valence electrons. The van der Waals surface area contributed by atoms with Crippen LogP contribution in [0, 0.1) is 5.92 Å². The summed E-state index contributed by atoms with van der Waals surface area (Å²) in [6.07, 6.45) is -0.971. The van der Waals surface area contributed by atoms with Crippen molar-refractivity contribution in [2.45, 2.75) is 69.3 Å². The Kier molecular flexibility index (Phi) is 16.0. The molecule has 0 bridgehead atoms. The third kappa shape index (κ3) is 13.8. The summed E-state index contributed by atoms with van der Waals surface area (Å²) >= 11 is 6.29. The van der Waals surface area contributed by atoms with Crippen LogP contribution in [0.2, 0.25) is 30.7 Å². The lowest BCUT2D eigenvalue weighted by Crippen LogP contribution is -2.56. The lowest BCUT2D eigenvalue weighted by molar-refractivity contribution is -0.105. The molecule has 2 heterocycles. The topological polar surface area (TPSA) is 148 Å². The normalized spacial score (nSPS) is 19.3. The maximum absolute atomic E-state index is 13.7. The van der Waals surface area contributed by atoms with Crippen LogP contribution in [0.1, 0.15) is 30.9 Å². The van der Waals surface area contributed by atoms with E-state index in [4.69, 9.17) is 30.5 Å². The highest BCUT2D eigenvalue weighted by Crippen LogP contribution is 2.29. The second-order valence-corrected chi connectivity index (χ2v) is 19.4. The van der Waals surface area contributed by atoms with Gasteiger partial charge in [-0.2, -0.15) is 0 Å². The number of halogens is 1. The predicted molar refractivity (Wildman–Crippen MR) is 180 cm³/mol. The molecule has 0 spiro atoms. The molecule has 4 atom stereocenters. The molecule has 0 radical (unpaired) electrons. The van der Waals surface area contributed by atoms with Crippen molar-refractivity contribution >= 4 is 37.9 Å². The van der Waals surface area contributed by atoms with Crippen LogP contribution in [0.4, 0.5) is 14.4 Å². The molecule has 47 heavy (non-hydrogen) atoms. The Labute approximate surface area is 284 Å². The summed E-state index contributed by atoms with van der Waals surface area (Å²) in [5.74, 6) is 0.259. The smallest absolute Gasteiger partial charge is 0.409 e. The number of likely N-dealkylation sites (N-methyl/N-ethyl adjacent to an activating group) is 1. The molecular weight excluding hydrogens is 648 g/mol. The van der Waals surface area contributed by atoms with Crippen molar-refractivity contribution in [1.29, 1.82) is 0 Å². The highest BCUT2D eigenvalue weighted by Gasteiger charge is 2.35. The number of alkyl carbamates (subject to hydrolysis) is 1. The lowest BCUT2D eigenvalue weighted by atomic mass is 9.90. The number of nitrogens with one attached hydrogen (secondary N) is 2. The van der Waals surface area contributed by atoms with E-state index < -0.39 is 44.6 Å². The summed E-state index contributed by atoms with van der Waals surface area (Å²) in [7, 11) is 1.51. The van der Waals surface area contributed by atoms with Crippen molar-refractivity contribution in [3.05, 3.63) is 34.9 Å². The van der Waals surface area contributed by atoms with Crippen LogP contribution in [0.25, 0.3) is 0 Å². The zero-order valence-corrected chi connectivity index (χ0v) is 30.1. The zero-order valence-electron chi connectivity index (χ0n) is 28.4. The number of rotatable bonds is 15. The van der Waals surface area contributed by atoms with Gasteiger partial charge in [0.25, 0.3) is 0 Å². The standard InChI is InChI=1S/C32H53ClN4O9Si/c1-36(32(41)46-17-18-47(3,4)5)21-27(38)26(19-23-9-13-43-14-10-23)35-30(39)37-12-16-44-28(22-37)29(24-7-6-8-25(33)20-24)45-15-11-34-31(40)42-2/h6-8,20,23,26-29,38H,9-19,21-22H2,1-5H3,(H,34,40)(H,35,39)/t26-,27+,28+,29-/m0/s1. The first kappa shape index (κ1) is 38.8. The molecule has 0 unspecified atom stereocenters. The van der Waals surface area contributed by atoms with Gasteiger partial charge in [0.2, 0.25) is 0 Å². The van der Waals surface area contributed by atoms with Crippen LogP contribution in [0.15, 0.2) is 24.3 Å². The van der Waals surface area contributed by atoms with E-state index in [0.29, 0.717) is 37.8 Å². The number of nitrogens with zero attached hydrogens (tertiary/aromatic N) is 2. The van der Waals surface area contributed by atoms with Gasteiger partial charge in [0.1, 0.15) is 12.2 Å². The Bertz CT molecular complexity index is 1140. The SMILES string of the molecule is COC(=O)NCCO[C@@H](c1cccc(Cl)c1)[C@H]1CN(C(=O)N[C@@H](CC2CCOCC2)[C@H](O)CN(C)C(=O)OCC[Si](C)(C)C)CCO1. The number of aliphatic hydroxyl groups is 1. The molecule has 0 aromatic heterocycles. The van der Waals surface area contributed by atoms with Crippen LogP contribution in [0.3, 0.4) is 0 Å². The highest BCUT2D eigenvalue weighted by molar-refractivity contribution is 6.76. The fourth-order valence-corrected chi connectivity index (χ4v) is 6.41. The fourth-order valence-electron chi connectivity index (χ4n) is 5.50. The van der Waals surface area contributed by atoms with E-state index >= 15 is 0 Å². The van der Waals surface area contributed by atoms with Crippen molar-refractivity contribution in [3.63, 3.8) is 0 Å². The van der Waals surface area contributed by atoms with E-state index in [1.54, 1.807) is 24.1 Å². The number of carbonyl (C=O) groups is 3. The Morgan fingerprint density at radius 3 is 2.60 bits per heavy atom. The summed E-state index contributed by atoms with van der Waals surface area (Å²) in [4.78, 5) is 40.9. The van der Waals surface area contributed by atoms with Gasteiger partial charge in [0.05, 0.1) is 52.2 Å². The van der Waals surface area contributed by atoms with Crippen molar-refractivity contribution in [2.24, 2.45) is 5.92 Å². The summed E-state index contributed by atoms with van der Waals surface area (Å²) in [6.45, 7) is 9.49. The van der Waals surface area contributed by atoms with Gasteiger partial charge in [0.15, 0.2) is 0 Å². The van der Waals surface area contributed by atoms with Crippen molar-refractivity contribution in [2.75, 3.05) is 73.4 Å². The molecule has 0 aliphatic carbocycles. The fraction of sp³-hybridized carbons (Fsp3) is 0.719. The maximum atomic E-state index is 13.7. The zero-order chi connectivity index (χ0) is 34.4. The Hall–Kier alpha value is -2.62. The van der Waals surface area contributed by atoms with E-state index in [1.807, 2.05) is 12.1 Å². The van der Waals surface area contributed by atoms with Gasteiger partial charge in [0, 0.05) is 46.4 Å². The molecule has 2 saturated heterocycles. The highest BCUT2D eigenvalue weighted by atomic mass is 35.5. The van der Waals surface area contributed by atoms with Crippen molar-refractivity contribution in [3.8, 4) is 0 Å². The Morgan fingerprint density at radius 1 is 1.17 bits per heavy atom. The number of hydrogen-bond donors (Lipinski definition) is 3. The number of morpholine rings is 1. The minimum atomic E-state index is -1.37. The molecule has 1 aromatic rings. The first-order valence-electron chi connectivity index (χ1n) is 16.4. The Morgan fingerprint density at radius 2 is 1.91 bits per heavy atom. The van der Waals surface area contributed by atoms with E-state index in [-0.39, 0.29) is 44.8 Å². The first-order chi connectivity index (χ1) is 22.4. The van der Waals surface area contributed by atoms with Crippen LogP contribution in [0.5, 0.6) is 0 Å². The first-order valence-corrected chi connectivity index (χ1v) is 20.4. The summed E-state index contributed by atoms with van der Waals surface area (Å²) in [5.41, 5.74) is 0.774. The van der Waals surface area contributed by atoms with Gasteiger partial charge in [-0.25, -0.2) is 14.4 Å². The van der Waals surface area contributed by atoms with E-state index in [1.165, 1.54) is 12.0 Å². The summed E-state index contributed by atoms with van der Waals surface area (Å²) in [6, 6.07) is 7.15. The van der Waals surface area contributed by atoms with Crippen LogP contribution >= 0.6 is 11.6 Å². The molecule has 2 fully saturated rings. The number of amides is 4. The van der Waals surface area contributed by atoms with Gasteiger partial charge in [-0.3, -0.25) is 0 Å². The molecule has 2 aliphatic heterocycles. The molecule has 0 saturated carbocycles. The molecule has 3 rings (SSSR count). The average molecular weight is 701 g/mol. The predicted octanol–water partition coefficient (Wildman–Crippen LogP) is 4.12. The van der Waals surface area contributed by atoms with Crippen molar-refractivity contribution < 1.29 is 43.2 Å². The number of ether oxygens (including phenoxy) is 5. The minimum absolute atomic E-state index is 0.00989. The monoisotopic (exact) mass is 700 g/mol. The lowest BCUT2D eigenvalue weighted by Gasteiger charge is -2.38. The maximum Gasteiger partial charge on any atom is 0.409 e. The molecule has 3 N–H and O–H groups in total. The van der Waals surface area contributed by atoms with Crippen LogP contribution in [-0.2, 0) is 23.7 Å². The molecule has 15 heteroatoms. The van der Waals surface area contributed by atoms with Gasteiger partial charge >= 0.3 is 18.2 Å². The quantitative estimate of drug-likeness (QED) is 0.182. The van der Waals surface area contributed by atoms with Gasteiger partial charge < -0.3 is 49.2 Å². The van der Waals surface area contributed by atoms with Gasteiger partial charge in [-0.05, 0) is 48.9 Å². The number of urea groups is 1. The second kappa shape index (κ2) is 19.4. The minimum Gasteiger partial charge on any atom is -0.453 e.